The number of nitrogens with one attached hydrogen (secondary N) is 1. The van der Waals surface area contributed by atoms with E-state index < -0.39 is 0 Å². The van der Waals surface area contributed by atoms with E-state index in [9.17, 15) is 0 Å². The first-order valence-electron chi connectivity index (χ1n) is 6.69. The molecule has 0 aromatic carbocycles. The van der Waals surface area contributed by atoms with Gasteiger partial charge in [0.2, 0.25) is 0 Å². The second-order valence-corrected chi connectivity index (χ2v) is 4.99. The topological polar surface area (TPSA) is 32.3 Å². The fourth-order valence-corrected chi connectivity index (χ4v) is 1.98. The Kier molecular flexibility index (Phi) is 6.26. The molecule has 1 aliphatic rings. The molecule has 2 nitrogen and oxygen atoms in total. The van der Waals surface area contributed by atoms with Gasteiger partial charge >= 0.3 is 0 Å². The number of aliphatic hydroxyl groups excluding tert-OH is 1. The minimum Gasteiger partial charge on any atom is -0.394 e. The van der Waals surface area contributed by atoms with E-state index in [-0.39, 0.29) is 5.54 Å². The Morgan fingerprint density at radius 1 is 1.00 bits per heavy atom. The highest BCUT2D eigenvalue weighted by Crippen LogP contribution is 2.34. The van der Waals surface area contributed by atoms with Gasteiger partial charge in [-0.15, -0.1) is 0 Å². The molecule has 0 unspecified atom stereocenters. The SMILES string of the molecule is CCCCCCCCCNC1(CO)CC1. The zero-order valence-electron chi connectivity index (χ0n) is 10.2. The smallest absolute Gasteiger partial charge is 0.0613 e. The van der Waals surface area contributed by atoms with Crippen LogP contribution < -0.4 is 5.32 Å². The van der Waals surface area contributed by atoms with Gasteiger partial charge in [-0.25, -0.2) is 0 Å². The molecular weight excluding hydrogens is 186 g/mol. The molecule has 0 aromatic rings. The molecule has 0 atom stereocenters. The lowest BCUT2D eigenvalue weighted by molar-refractivity contribution is 0.230. The summed E-state index contributed by atoms with van der Waals surface area (Å²) in [5.41, 5.74) is 0.141. The highest BCUT2D eigenvalue weighted by Gasteiger charge is 2.40. The molecule has 0 spiro atoms. The highest BCUT2D eigenvalue weighted by molar-refractivity contribution is 5.01. The summed E-state index contributed by atoms with van der Waals surface area (Å²) in [6.07, 6.45) is 11.9. The average molecular weight is 213 g/mol. The van der Waals surface area contributed by atoms with Crippen molar-refractivity contribution >= 4 is 0 Å². The van der Waals surface area contributed by atoms with Crippen LogP contribution in [0.4, 0.5) is 0 Å². The fraction of sp³-hybridized carbons (Fsp3) is 1.00. The zero-order valence-corrected chi connectivity index (χ0v) is 10.2. The second kappa shape index (κ2) is 7.24. The lowest BCUT2D eigenvalue weighted by Crippen LogP contribution is -2.35. The number of hydrogen-bond donors (Lipinski definition) is 2. The maximum absolute atomic E-state index is 9.09. The standard InChI is InChI=1S/C13H27NO/c1-2-3-4-5-6-7-8-11-14-13(12-15)9-10-13/h14-15H,2-12H2,1H3. The third-order valence-electron chi connectivity index (χ3n) is 3.44. The highest BCUT2D eigenvalue weighted by atomic mass is 16.3. The molecule has 0 heterocycles. The van der Waals surface area contributed by atoms with Gasteiger partial charge in [-0.1, -0.05) is 45.4 Å². The molecule has 2 N–H and O–H groups in total. The molecule has 0 radical (unpaired) electrons. The van der Waals surface area contributed by atoms with Crippen LogP contribution in [0.2, 0.25) is 0 Å². The van der Waals surface area contributed by atoms with E-state index in [1.54, 1.807) is 0 Å². The second-order valence-electron chi connectivity index (χ2n) is 4.99. The monoisotopic (exact) mass is 213 g/mol. The minimum atomic E-state index is 0.141. The van der Waals surface area contributed by atoms with Gasteiger partial charge in [-0.05, 0) is 25.8 Å². The Bertz CT molecular complexity index is 155. The van der Waals surface area contributed by atoms with Crippen LogP contribution in [0.1, 0.15) is 64.7 Å². The van der Waals surface area contributed by atoms with Crippen LogP contribution in [0, 0.1) is 0 Å². The first-order valence-corrected chi connectivity index (χ1v) is 6.69. The maximum atomic E-state index is 9.09. The fourth-order valence-electron chi connectivity index (χ4n) is 1.98. The largest absolute Gasteiger partial charge is 0.394 e. The lowest BCUT2D eigenvalue weighted by atomic mass is 10.1. The van der Waals surface area contributed by atoms with Crippen molar-refractivity contribution < 1.29 is 5.11 Å². The van der Waals surface area contributed by atoms with E-state index >= 15 is 0 Å². The maximum Gasteiger partial charge on any atom is 0.0613 e. The summed E-state index contributed by atoms with van der Waals surface area (Å²) in [5, 5.41) is 12.6. The molecule has 0 amide bonds. The van der Waals surface area contributed by atoms with Crippen molar-refractivity contribution in [3.05, 3.63) is 0 Å². The van der Waals surface area contributed by atoms with Crippen molar-refractivity contribution in [1.29, 1.82) is 0 Å². The Morgan fingerprint density at radius 2 is 1.60 bits per heavy atom. The minimum absolute atomic E-state index is 0.141. The third kappa shape index (κ3) is 5.53. The van der Waals surface area contributed by atoms with Gasteiger partial charge in [0.05, 0.1) is 6.61 Å². The van der Waals surface area contributed by atoms with Gasteiger partial charge in [0.1, 0.15) is 0 Å². The molecule has 0 aromatic heterocycles. The first-order chi connectivity index (χ1) is 7.33. The van der Waals surface area contributed by atoms with Crippen LogP contribution in [-0.4, -0.2) is 23.8 Å². The molecule has 1 aliphatic carbocycles. The van der Waals surface area contributed by atoms with E-state index in [0.29, 0.717) is 6.61 Å². The summed E-state index contributed by atoms with van der Waals surface area (Å²) in [5.74, 6) is 0. The van der Waals surface area contributed by atoms with Gasteiger partial charge in [0.15, 0.2) is 0 Å². The Morgan fingerprint density at radius 3 is 2.13 bits per heavy atom. The van der Waals surface area contributed by atoms with Gasteiger partial charge < -0.3 is 10.4 Å². The predicted molar refractivity (Wildman–Crippen MR) is 65.0 cm³/mol. The summed E-state index contributed by atoms with van der Waals surface area (Å²) in [6, 6.07) is 0. The molecule has 1 fully saturated rings. The summed E-state index contributed by atoms with van der Waals surface area (Å²) >= 11 is 0. The van der Waals surface area contributed by atoms with Gasteiger partial charge in [0, 0.05) is 5.54 Å². The molecule has 1 rings (SSSR count). The van der Waals surface area contributed by atoms with Crippen molar-refractivity contribution in [2.45, 2.75) is 70.3 Å². The number of hydrogen-bond acceptors (Lipinski definition) is 2. The molecule has 15 heavy (non-hydrogen) atoms. The number of aliphatic hydroxyl groups is 1. The Balaban J connectivity index is 1.77. The van der Waals surface area contributed by atoms with Crippen molar-refractivity contribution in [3.8, 4) is 0 Å². The van der Waals surface area contributed by atoms with E-state index in [1.807, 2.05) is 0 Å². The van der Waals surface area contributed by atoms with E-state index in [2.05, 4.69) is 12.2 Å². The van der Waals surface area contributed by atoms with Gasteiger partial charge in [0.25, 0.3) is 0 Å². The summed E-state index contributed by atoms with van der Waals surface area (Å²) in [7, 11) is 0. The van der Waals surface area contributed by atoms with Crippen LogP contribution in [0.5, 0.6) is 0 Å². The molecule has 2 heteroatoms. The molecule has 0 saturated heterocycles. The average Bonchev–Trinajstić information content (AvgIpc) is 3.03. The molecule has 90 valence electrons. The zero-order chi connectivity index (χ0) is 11.0. The van der Waals surface area contributed by atoms with Gasteiger partial charge in [-0.2, -0.15) is 0 Å². The van der Waals surface area contributed by atoms with Crippen molar-refractivity contribution in [2.75, 3.05) is 13.2 Å². The number of rotatable bonds is 10. The van der Waals surface area contributed by atoms with E-state index in [0.717, 1.165) is 6.54 Å². The molecule has 0 aliphatic heterocycles. The normalized spacial score (nSPS) is 18.0. The molecular formula is C13H27NO. The summed E-state index contributed by atoms with van der Waals surface area (Å²) < 4.78 is 0. The summed E-state index contributed by atoms with van der Waals surface area (Å²) in [4.78, 5) is 0. The van der Waals surface area contributed by atoms with Crippen LogP contribution in [0.15, 0.2) is 0 Å². The van der Waals surface area contributed by atoms with Crippen LogP contribution in [0.25, 0.3) is 0 Å². The van der Waals surface area contributed by atoms with Crippen LogP contribution in [-0.2, 0) is 0 Å². The van der Waals surface area contributed by atoms with Gasteiger partial charge in [-0.3, -0.25) is 0 Å². The molecule has 1 saturated carbocycles. The van der Waals surface area contributed by atoms with E-state index in [4.69, 9.17) is 5.11 Å². The quantitative estimate of drug-likeness (QED) is 0.547. The Hall–Kier alpha value is -0.0800. The number of unbranched alkanes of at least 4 members (excludes halogenated alkanes) is 6. The first kappa shape index (κ1) is 13.0. The van der Waals surface area contributed by atoms with E-state index in [1.165, 1.54) is 57.8 Å². The Labute approximate surface area is 94.5 Å². The molecule has 0 bridgehead atoms. The van der Waals surface area contributed by atoms with Crippen LogP contribution >= 0.6 is 0 Å². The van der Waals surface area contributed by atoms with Crippen molar-refractivity contribution in [2.24, 2.45) is 0 Å². The predicted octanol–water partition coefficient (Wildman–Crippen LogP) is 2.85. The van der Waals surface area contributed by atoms with Crippen LogP contribution in [0.3, 0.4) is 0 Å². The summed E-state index contributed by atoms with van der Waals surface area (Å²) in [6.45, 7) is 3.67. The lowest BCUT2D eigenvalue weighted by Gasteiger charge is -2.13. The van der Waals surface area contributed by atoms with Crippen molar-refractivity contribution in [3.63, 3.8) is 0 Å². The third-order valence-corrected chi connectivity index (χ3v) is 3.44. The van der Waals surface area contributed by atoms with Crippen molar-refractivity contribution in [1.82, 2.24) is 5.32 Å².